The minimum Gasteiger partial charge on any atom is -0.356 e. The second-order valence-corrected chi connectivity index (χ2v) is 9.77. The van der Waals surface area contributed by atoms with Crippen LogP contribution in [-0.2, 0) is 11.2 Å². The van der Waals surface area contributed by atoms with E-state index >= 15 is 0 Å². The average Bonchev–Trinajstić information content (AvgIpc) is 2.92. The Morgan fingerprint density at radius 2 is 1.57 bits per heavy atom. The van der Waals surface area contributed by atoms with Crippen molar-refractivity contribution >= 4 is 17.7 Å². The zero-order valence-electron chi connectivity index (χ0n) is 23.0. The van der Waals surface area contributed by atoms with Gasteiger partial charge in [-0.05, 0) is 56.4 Å². The lowest BCUT2D eigenvalue weighted by Gasteiger charge is -2.23. The monoisotopic (exact) mass is 564 g/mol. The van der Waals surface area contributed by atoms with Crippen molar-refractivity contribution in [2.24, 2.45) is 5.92 Å². The molecule has 0 bridgehead atoms. The topological polar surface area (TPSA) is 78.5 Å². The van der Waals surface area contributed by atoms with Gasteiger partial charge in [0.1, 0.15) is 0 Å². The van der Waals surface area contributed by atoms with E-state index in [9.17, 15) is 31.9 Å². The number of nitrogens with zero attached hydrogens (tertiary/aromatic N) is 1. The smallest absolute Gasteiger partial charge is 0.309 e. The molecule has 0 spiro atoms. The van der Waals surface area contributed by atoms with Crippen LogP contribution >= 0.6 is 0 Å². The molecule has 0 aliphatic rings. The van der Waals surface area contributed by atoms with Gasteiger partial charge in [-0.3, -0.25) is 14.4 Å². The van der Waals surface area contributed by atoms with Crippen molar-refractivity contribution in [1.82, 2.24) is 15.5 Å². The molecule has 0 heterocycles. The molecule has 40 heavy (non-hydrogen) atoms. The highest BCUT2D eigenvalue weighted by Gasteiger charge is 2.40. The molecule has 0 aliphatic carbocycles. The largest absolute Gasteiger partial charge is 0.356 e. The first kappa shape index (κ1) is 32.8. The van der Waals surface area contributed by atoms with Crippen LogP contribution in [0.4, 0.5) is 17.6 Å². The minimum atomic E-state index is -4.20. The quantitative estimate of drug-likeness (QED) is 0.263. The van der Waals surface area contributed by atoms with Crippen LogP contribution in [0.5, 0.6) is 0 Å². The van der Waals surface area contributed by atoms with E-state index in [-0.39, 0.29) is 17.9 Å². The predicted octanol–water partition coefficient (Wildman–Crippen LogP) is 5.54. The second kappa shape index (κ2) is 16.0. The highest BCUT2D eigenvalue weighted by molar-refractivity contribution is 5.99. The van der Waals surface area contributed by atoms with Crippen molar-refractivity contribution in [1.29, 1.82) is 0 Å². The van der Waals surface area contributed by atoms with Gasteiger partial charge in [0, 0.05) is 49.1 Å². The lowest BCUT2D eigenvalue weighted by atomic mass is 9.95. The van der Waals surface area contributed by atoms with Crippen molar-refractivity contribution in [3.63, 3.8) is 0 Å². The van der Waals surface area contributed by atoms with Crippen LogP contribution in [0.25, 0.3) is 0 Å². The molecule has 2 rings (SSSR count). The van der Waals surface area contributed by atoms with Crippen molar-refractivity contribution in [3.05, 3.63) is 78.2 Å². The molecule has 0 saturated carbocycles. The number of carbonyl (C=O) groups is 3. The normalized spacial score (nSPS) is 13.0. The minimum absolute atomic E-state index is 0.0666. The molecule has 3 amide bonds. The molecule has 0 aromatic heterocycles. The summed E-state index contributed by atoms with van der Waals surface area (Å²) in [4.78, 5) is 40.5. The van der Waals surface area contributed by atoms with Gasteiger partial charge >= 0.3 is 12.3 Å². The van der Waals surface area contributed by atoms with Gasteiger partial charge in [-0.2, -0.15) is 0 Å². The van der Waals surface area contributed by atoms with E-state index in [1.807, 2.05) is 44.2 Å². The summed E-state index contributed by atoms with van der Waals surface area (Å²) in [5.41, 5.74) is 1.55. The van der Waals surface area contributed by atoms with Gasteiger partial charge in [0.2, 0.25) is 5.91 Å². The van der Waals surface area contributed by atoms with Crippen LogP contribution in [0.3, 0.4) is 0 Å². The van der Waals surface area contributed by atoms with Gasteiger partial charge in [-0.25, -0.2) is 17.6 Å². The standard InChI is InChI=1S/C30H38F4N3O3/c1-4-16-37(17-5-2)28(40)24-13-9-12-23(20-24)27(39)36-25(19-22-10-7-6-8-11-22)18-21(3)26(38)35-15-14-30(33,34)29(31)32/h6-13,20-21,25,29H,3-5,14-19H2,1-2H3,(H,35,38)(H,36,39)/t21?,25-/m1/s1. The molecule has 2 aromatic rings. The third kappa shape index (κ3) is 10.3. The molecule has 1 unspecified atom stereocenters. The van der Waals surface area contributed by atoms with Crippen molar-refractivity contribution in [2.75, 3.05) is 19.6 Å². The van der Waals surface area contributed by atoms with Crippen molar-refractivity contribution in [2.45, 2.75) is 64.3 Å². The number of rotatable bonds is 16. The Morgan fingerprint density at radius 1 is 0.950 bits per heavy atom. The Kier molecular flexibility index (Phi) is 13.1. The molecular weight excluding hydrogens is 526 g/mol. The van der Waals surface area contributed by atoms with Gasteiger partial charge in [-0.1, -0.05) is 50.2 Å². The van der Waals surface area contributed by atoms with E-state index in [0.29, 0.717) is 25.1 Å². The Labute approximate surface area is 233 Å². The molecule has 0 aliphatic heterocycles. The molecule has 219 valence electrons. The number of nitrogens with one attached hydrogen (secondary N) is 2. The molecule has 0 fully saturated rings. The van der Waals surface area contributed by atoms with Gasteiger partial charge in [-0.15, -0.1) is 0 Å². The maximum atomic E-state index is 13.2. The highest BCUT2D eigenvalue weighted by Crippen LogP contribution is 2.26. The number of hydrogen-bond donors (Lipinski definition) is 2. The summed E-state index contributed by atoms with van der Waals surface area (Å²) in [6.07, 6.45) is -2.98. The molecule has 6 nitrogen and oxygen atoms in total. The maximum absolute atomic E-state index is 13.2. The SMILES string of the molecule is [CH2]C(C[C@H](Cc1ccccc1)NC(=O)c1cccc(C(=O)N(CCC)CCC)c1)C(=O)NCCC(F)(F)C(F)F. The van der Waals surface area contributed by atoms with E-state index in [4.69, 9.17) is 0 Å². The molecule has 10 heteroatoms. The predicted molar refractivity (Wildman–Crippen MR) is 146 cm³/mol. The van der Waals surface area contributed by atoms with E-state index in [1.165, 1.54) is 6.07 Å². The maximum Gasteiger partial charge on any atom is 0.309 e. The van der Waals surface area contributed by atoms with Crippen LogP contribution in [0, 0.1) is 12.8 Å². The van der Waals surface area contributed by atoms with Crippen molar-refractivity contribution in [3.8, 4) is 0 Å². The number of benzene rings is 2. The third-order valence-corrected chi connectivity index (χ3v) is 6.32. The zero-order chi connectivity index (χ0) is 29.7. The summed E-state index contributed by atoms with van der Waals surface area (Å²) in [7, 11) is 0. The molecular formula is C30H38F4N3O3. The van der Waals surface area contributed by atoms with Crippen LogP contribution in [-0.4, -0.2) is 60.6 Å². The fourth-order valence-electron chi connectivity index (χ4n) is 4.25. The molecule has 1 radical (unpaired) electrons. The third-order valence-electron chi connectivity index (χ3n) is 6.32. The van der Waals surface area contributed by atoms with Crippen LogP contribution in [0.2, 0.25) is 0 Å². The Bertz CT molecular complexity index is 1090. The van der Waals surface area contributed by atoms with E-state index in [0.717, 1.165) is 18.4 Å². The first-order chi connectivity index (χ1) is 19.0. The lowest BCUT2D eigenvalue weighted by molar-refractivity contribution is -0.135. The van der Waals surface area contributed by atoms with Crippen LogP contribution in [0.15, 0.2) is 54.6 Å². The van der Waals surface area contributed by atoms with E-state index in [2.05, 4.69) is 17.6 Å². The highest BCUT2D eigenvalue weighted by atomic mass is 19.3. The Hall–Kier alpha value is -3.43. The molecule has 2 N–H and O–H groups in total. The summed E-state index contributed by atoms with van der Waals surface area (Å²) in [6, 6.07) is 15.1. The van der Waals surface area contributed by atoms with Crippen LogP contribution in [0.1, 0.15) is 65.8 Å². The van der Waals surface area contributed by atoms with Gasteiger partial charge in [0.05, 0.1) is 0 Å². The Morgan fingerprint density at radius 3 is 2.17 bits per heavy atom. The van der Waals surface area contributed by atoms with Crippen LogP contribution < -0.4 is 10.6 Å². The fourth-order valence-corrected chi connectivity index (χ4v) is 4.25. The molecule has 2 atom stereocenters. The molecule has 0 saturated heterocycles. The Balaban J connectivity index is 2.13. The number of amides is 3. The summed E-state index contributed by atoms with van der Waals surface area (Å²) in [5, 5.41) is 5.13. The number of alkyl halides is 4. The van der Waals surface area contributed by atoms with Gasteiger partial charge in [0.25, 0.3) is 11.8 Å². The number of halogens is 4. The fraction of sp³-hybridized carbons (Fsp3) is 0.467. The molecule has 2 aromatic carbocycles. The first-order valence-corrected chi connectivity index (χ1v) is 13.5. The summed E-state index contributed by atoms with van der Waals surface area (Å²) in [6.45, 7) is 8.35. The second-order valence-electron chi connectivity index (χ2n) is 9.77. The summed E-state index contributed by atoms with van der Waals surface area (Å²) >= 11 is 0. The van der Waals surface area contributed by atoms with E-state index in [1.54, 1.807) is 23.1 Å². The zero-order valence-corrected chi connectivity index (χ0v) is 23.0. The lowest BCUT2D eigenvalue weighted by Crippen LogP contribution is -2.41. The van der Waals surface area contributed by atoms with E-state index < -0.39 is 49.1 Å². The van der Waals surface area contributed by atoms with Gasteiger partial charge in [0.15, 0.2) is 0 Å². The average molecular weight is 565 g/mol. The number of carbonyl (C=O) groups excluding carboxylic acids is 3. The number of hydrogen-bond acceptors (Lipinski definition) is 3. The van der Waals surface area contributed by atoms with Crippen molar-refractivity contribution < 1.29 is 31.9 Å². The van der Waals surface area contributed by atoms with Gasteiger partial charge < -0.3 is 15.5 Å². The first-order valence-electron chi connectivity index (χ1n) is 13.5. The summed E-state index contributed by atoms with van der Waals surface area (Å²) in [5.74, 6) is -6.44. The summed E-state index contributed by atoms with van der Waals surface area (Å²) < 4.78 is 51.1.